The molecule has 6 nitrogen and oxygen atoms in total. The number of hydrogen-bond donors (Lipinski definition) is 1. The minimum atomic E-state index is -0.387. The molecule has 0 aliphatic carbocycles. The second-order valence-electron chi connectivity index (χ2n) is 6.98. The van der Waals surface area contributed by atoms with Crippen molar-refractivity contribution in [1.82, 2.24) is 4.98 Å². The molecule has 0 saturated carbocycles. The van der Waals surface area contributed by atoms with Gasteiger partial charge in [0.15, 0.2) is 0 Å². The van der Waals surface area contributed by atoms with Gasteiger partial charge in [-0.1, -0.05) is 30.3 Å². The Morgan fingerprint density at radius 1 is 1.04 bits per heavy atom. The van der Waals surface area contributed by atoms with Gasteiger partial charge in [-0.15, -0.1) is 0 Å². The maximum atomic E-state index is 12.5. The molecule has 1 aromatic heterocycles. The summed E-state index contributed by atoms with van der Waals surface area (Å²) in [5, 5.41) is 1.07. The molecule has 2 heterocycles. The summed E-state index contributed by atoms with van der Waals surface area (Å²) in [4.78, 5) is 29.7. The number of rotatable bonds is 3. The first-order valence-electron chi connectivity index (χ1n) is 9.14. The number of hydrogen-bond acceptors (Lipinski definition) is 5. The van der Waals surface area contributed by atoms with E-state index in [1.807, 2.05) is 42.3 Å². The van der Waals surface area contributed by atoms with Crippen LogP contribution in [-0.2, 0) is 14.3 Å². The Morgan fingerprint density at radius 2 is 1.75 bits per heavy atom. The zero-order valence-electron chi connectivity index (χ0n) is 16.1. The third kappa shape index (κ3) is 2.81. The second kappa shape index (κ2) is 7.03. The Balaban J connectivity index is 1.84. The van der Waals surface area contributed by atoms with Gasteiger partial charge >= 0.3 is 11.9 Å². The quantitative estimate of drug-likeness (QED) is 0.707. The zero-order chi connectivity index (χ0) is 19.8. The van der Waals surface area contributed by atoms with Crippen LogP contribution in [0.5, 0.6) is 0 Å². The number of ether oxygens (including phenoxy) is 2. The smallest absolute Gasteiger partial charge is 0.337 e. The molecule has 4 rings (SSSR count). The highest BCUT2D eigenvalue weighted by atomic mass is 16.5. The highest BCUT2D eigenvalue weighted by molar-refractivity contribution is 5.98. The van der Waals surface area contributed by atoms with Crippen molar-refractivity contribution in [3.63, 3.8) is 0 Å². The van der Waals surface area contributed by atoms with E-state index < -0.39 is 0 Å². The number of aromatic nitrogens is 1. The molecule has 2 aromatic carbocycles. The molecule has 1 N–H and O–H groups in total. The molecule has 144 valence electrons. The standard InChI is InChI=1S/C22H22N2O4/c1-24-18(22(26)28-3)12-16(13-8-10-14(11-9-13)21(25)27-2)19-20(24)15-6-4-5-7-17(15)23-19/h4-11,16,18,23H,12H2,1-3H3/t16-,18-/m0/s1. The number of nitrogens with zero attached hydrogens (tertiary/aromatic N) is 1. The Kier molecular flexibility index (Phi) is 4.55. The molecule has 1 aliphatic rings. The van der Waals surface area contributed by atoms with Crippen LogP contribution in [-0.4, -0.2) is 44.2 Å². The maximum absolute atomic E-state index is 12.5. The molecule has 28 heavy (non-hydrogen) atoms. The van der Waals surface area contributed by atoms with Crippen LogP contribution >= 0.6 is 0 Å². The number of methoxy groups -OCH3 is 2. The lowest BCUT2D eigenvalue weighted by atomic mass is 9.84. The number of carbonyl (C=O) groups excluding carboxylic acids is 2. The van der Waals surface area contributed by atoms with E-state index >= 15 is 0 Å². The Labute approximate surface area is 163 Å². The SMILES string of the molecule is COC(=O)c1ccc([C@@H]2C[C@@H](C(=O)OC)N(C)c3c2[nH]c2ccccc32)cc1. The average molecular weight is 378 g/mol. The van der Waals surface area contributed by atoms with Gasteiger partial charge in [0.25, 0.3) is 0 Å². The van der Waals surface area contributed by atoms with E-state index in [9.17, 15) is 9.59 Å². The Morgan fingerprint density at radius 3 is 2.43 bits per heavy atom. The third-order valence-electron chi connectivity index (χ3n) is 5.54. The van der Waals surface area contributed by atoms with E-state index in [1.54, 1.807) is 12.1 Å². The molecule has 0 bridgehead atoms. The third-order valence-corrected chi connectivity index (χ3v) is 5.54. The fourth-order valence-corrected chi connectivity index (χ4v) is 4.10. The number of benzene rings is 2. The maximum Gasteiger partial charge on any atom is 0.337 e. The van der Waals surface area contributed by atoms with Gasteiger partial charge in [-0.05, 0) is 30.2 Å². The number of carbonyl (C=O) groups is 2. The molecule has 0 spiro atoms. The van der Waals surface area contributed by atoms with Crippen LogP contribution in [0.1, 0.15) is 34.0 Å². The predicted octanol–water partition coefficient (Wildman–Crippen LogP) is 3.47. The first kappa shape index (κ1) is 18.1. The summed E-state index contributed by atoms with van der Waals surface area (Å²) in [5.41, 5.74) is 4.64. The normalized spacial score (nSPS) is 18.6. The minimum Gasteiger partial charge on any atom is -0.467 e. The molecule has 1 aliphatic heterocycles. The van der Waals surface area contributed by atoms with Crippen molar-refractivity contribution >= 4 is 28.5 Å². The summed E-state index contributed by atoms with van der Waals surface area (Å²) < 4.78 is 9.84. The summed E-state index contributed by atoms with van der Waals surface area (Å²) in [6.45, 7) is 0. The number of para-hydroxylation sites is 1. The summed E-state index contributed by atoms with van der Waals surface area (Å²) in [7, 11) is 4.71. The van der Waals surface area contributed by atoms with Crippen molar-refractivity contribution in [1.29, 1.82) is 0 Å². The van der Waals surface area contributed by atoms with Gasteiger partial charge in [0, 0.05) is 29.6 Å². The lowest BCUT2D eigenvalue weighted by molar-refractivity contribution is -0.142. The average Bonchev–Trinajstić information content (AvgIpc) is 3.13. The van der Waals surface area contributed by atoms with Crippen LogP contribution in [0.4, 0.5) is 5.69 Å². The van der Waals surface area contributed by atoms with Crippen molar-refractivity contribution in [2.24, 2.45) is 0 Å². The van der Waals surface area contributed by atoms with E-state index in [1.165, 1.54) is 14.2 Å². The second-order valence-corrected chi connectivity index (χ2v) is 6.98. The van der Waals surface area contributed by atoms with Crippen molar-refractivity contribution < 1.29 is 19.1 Å². The first-order chi connectivity index (χ1) is 13.5. The largest absolute Gasteiger partial charge is 0.467 e. The summed E-state index contributed by atoms with van der Waals surface area (Å²) in [6, 6.07) is 15.0. The Bertz CT molecular complexity index is 1040. The van der Waals surface area contributed by atoms with Gasteiger partial charge in [0.05, 0.1) is 25.5 Å². The molecular formula is C22H22N2O4. The molecule has 0 amide bonds. The van der Waals surface area contributed by atoms with Crippen LogP contribution < -0.4 is 4.90 Å². The fraction of sp³-hybridized carbons (Fsp3) is 0.273. The van der Waals surface area contributed by atoms with Gasteiger partial charge in [0.1, 0.15) is 6.04 Å². The van der Waals surface area contributed by atoms with E-state index in [0.717, 1.165) is 27.8 Å². The molecule has 6 heteroatoms. The highest BCUT2D eigenvalue weighted by Gasteiger charge is 2.38. The van der Waals surface area contributed by atoms with Crippen LogP contribution in [0.3, 0.4) is 0 Å². The van der Waals surface area contributed by atoms with Crippen molar-refractivity contribution in [2.45, 2.75) is 18.4 Å². The highest BCUT2D eigenvalue weighted by Crippen LogP contribution is 2.45. The molecule has 0 radical (unpaired) electrons. The predicted molar refractivity (Wildman–Crippen MR) is 107 cm³/mol. The van der Waals surface area contributed by atoms with E-state index in [0.29, 0.717) is 12.0 Å². The van der Waals surface area contributed by atoms with Crippen LogP contribution in [0.2, 0.25) is 0 Å². The molecule has 3 aromatic rings. The number of nitrogens with one attached hydrogen (secondary N) is 1. The number of likely N-dealkylation sites (N-methyl/N-ethyl adjacent to an activating group) is 1. The Hall–Kier alpha value is -3.28. The minimum absolute atomic E-state index is 0.0191. The molecule has 0 fully saturated rings. The molecule has 0 saturated heterocycles. The summed E-state index contributed by atoms with van der Waals surface area (Å²) >= 11 is 0. The first-order valence-corrected chi connectivity index (χ1v) is 9.14. The van der Waals surface area contributed by atoms with Crippen LogP contribution in [0.15, 0.2) is 48.5 Å². The van der Waals surface area contributed by atoms with Crippen LogP contribution in [0, 0.1) is 0 Å². The van der Waals surface area contributed by atoms with Crippen molar-refractivity contribution in [3.05, 3.63) is 65.4 Å². The number of H-pyrrole nitrogens is 1. The lowest BCUT2D eigenvalue weighted by Crippen LogP contribution is -2.44. The van der Waals surface area contributed by atoms with Crippen molar-refractivity contribution in [2.75, 3.05) is 26.2 Å². The molecule has 2 atom stereocenters. The number of anilines is 1. The fourth-order valence-electron chi connectivity index (χ4n) is 4.10. The van der Waals surface area contributed by atoms with Gasteiger partial charge < -0.3 is 19.4 Å². The van der Waals surface area contributed by atoms with Gasteiger partial charge in [-0.3, -0.25) is 0 Å². The van der Waals surface area contributed by atoms with Crippen molar-refractivity contribution in [3.8, 4) is 0 Å². The van der Waals surface area contributed by atoms with Gasteiger partial charge in [-0.25, -0.2) is 9.59 Å². The van der Waals surface area contributed by atoms with E-state index in [2.05, 4.69) is 11.1 Å². The van der Waals surface area contributed by atoms with Gasteiger partial charge in [0.2, 0.25) is 0 Å². The number of esters is 2. The molecule has 0 unspecified atom stereocenters. The van der Waals surface area contributed by atoms with Gasteiger partial charge in [-0.2, -0.15) is 0 Å². The van der Waals surface area contributed by atoms with E-state index in [4.69, 9.17) is 9.47 Å². The summed E-state index contributed by atoms with van der Waals surface area (Å²) in [5.74, 6) is -0.641. The zero-order valence-corrected chi connectivity index (χ0v) is 16.1. The van der Waals surface area contributed by atoms with E-state index in [-0.39, 0.29) is 23.9 Å². The number of aromatic amines is 1. The molecular weight excluding hydrogens is 356 g/mol. The van der Waals surface area contributed by atoms with Crippen LogP contribution in [0.25, 0.3) is 10.9 Å². The monoisotopic (exact) mass is 378 g/mol. The topological polar surface area (TPSA) is 71.6 Å². The number of fused-ring (bicyclic) bond motifs is 3. The summed E-state index contributed by atoms with van der Waals surface area (Å²) in [6.07, 6.45) is 0.584. The lowest BCUT2D eigenvalue weighted by Gasteiger charge is -2.37.